The third-order valence-electron chi connectivity index (χ3n) is 2.51. The van der Waals surface area contributed by atoms with Gasteiger partial charge in [0.1, 0.15) is 0 Å². The molecule has 1 unspecified atom stereocenters. The van der Waals surface area contributed by atoms with Crippen molar-refractivity contribution in [1.29, 1.82) is 0 Å². The number of ether oxygens (including phenoxy) is 1. The summed E-state index contributed by atoms with van der Waals surface area (Å²) in [6.07, 6.45) is 0.833. The molecule has 4 nitrogen and oxygen atoms in total. The van der Waals surface area contributed by atoms with Crippen LogP contribution in [-0.4, -0.2) is 29.5 Å². The van der Waals surface area contributed by atoms with Gasteiger partial charge in [-0.25, -0.2) is 0 Å². The van der Waals surface area contributed by atoms with Gasteiger partial charge in [-0.05, 0) is 25.8 Å². The molecule has 4 heteroatoms. The zero-order chi connectivity index (χ0) is 10.7. The quantitative estimate of drug-likeness (QED) is 0.767. The summed E-state index contributed by atoms with van der Waals surface area (Å²) < 4.78 is 6.90. The molecule has 2 N–H and O–H groups in total. The van der Waals surface area contributed by atoms with E-state index in [-0.39, 0.29) is 6.04 Å². The Kier molecular flexibility index (Phi) is 3.66. The SMILES string of the molecule is COCC(N)Cc1c(C)nn(C)c1C. The molecule has 14 heavy (non-hydrogen) atoms. The Hall–Kier alpha value is -0.870. The molecule has 1 aromatic rings. The predicted octanol–water partition coefficient (Wildman–Crippen LogP) is 0.553. The lowest BCUT2D eigenvalue weighted by Gasteiger charge is -2.10. The fraction of sp³-hybridized carbons (Fsp3) is 0.700. The standard InChI is InChI=1S/C10H19N3O/c1-7-10(5-9(11)6-14-4)8(2)13(3)12-7/h9H,5-6,11H2,1-4H3. The Bertz CT molecular complexity index is 307. The first-order valence-electron chi connectivity index (χ1n) is 4.79. The first-order valence-corrected chi connectivity index (χ1v) is 4.79. The minimum Gasteiger partial charge on any atom is -0.383 e. The number of hydrogen-bond acceptors (Lipinski definition) is 3. The van der Waals surface area contributed by atoms with Gasteiger partial charge in [0, 0.05) is 25.9 Å². The summed E-state index contributed by atoms with van der Waals surface area (Å²) in [5.74, 6) is 0. The molecule has 1 atom stereocenters. The van der Waals surface area contributed by atoms with Crippen LogP contribution in [0.1, 0.15) is 17.0 Å². The molecule has 0 aliphatic heterocycles. The summed E-state index contributed by atoms with van der Waals surface area (Å²) in [6, 6.07) is 0.0570. The van der Waals surface area contributed by atoms with Gasteiger partial charge in [-0.3, -0.25) is 4.68 Å². The molecule has 0 fully saturated rings. The molecular formula is C10H19N3O. The summed E-state index contributed by atoms with van der Waals surface area (Å²) in [5.41, 5.74) is 9.40. The van der Waals surface area contributed by atoms with Gasteiger partial charge in [0.25, 0.3) is 0 Å². The van der Waals surface area contributed by atoms with Gasteiger partial charge < -0.3 is 10.5 Å². The monoisotopic (exact) mass is 197 g/mol. The van der Waals surface area contributed by atoms with Gasteiger partial charge in [-0.1, -0.05) is 0 Å². The first-order chi connectivity index (χ1) is 6.56. The topological polar surface area (TPSA) is 53.1 Å². The van der Waals surface area contributed by atoms with E-state index in [1.165, 1.54) is 11.3 Å². The summed E-state index contributed by atoms with van der Waals surface area (Å²) in [6.45, 7) is 4.67. The van der Waals surface area contributed by atoms with Gasteiger partial charge in [0.15, 0.2) is 0 Å². The van der Waals surface area contributed by atoms with Crippen molar-refractivity contribution in [3.05, 3.63) is 17.0 Å². The third-order valence-corrected chi connectivity index (χ3v) is 2.51. The Morgan fingerprint density at radius 1 is 1.50 bits per heavy atom. The number of nitrogens with zero attached hydrogens (tertiary/aromatic N) is 2. The van der Waals surface area contributed by atoms with Crippen LogP contribution in [0.2, 0.25) is 0 Å². The van der Waals surface area contributed by atoms with Crippen molar-refractivity contribution < 1.29 is 4.74 Å². The van der Waals surface area contributed by atoms with Crippen molar-refractivity contribution in [3.63, 3.8) is 0 Å². The van der Waals surface area contributed by atoms with E-state index >= 15 is 0 Å². The molecule has 0 spiro atoms. The normalized spacial score (nSPS) is 13.2. The van der Waals surface area contributed by atoms with Gasteiger partial charge >= 0.3 is 0 Å². The minimum absolute atomic E-state index is 0.0570. The van der Waals surface area contributed by atoms with E-state index < -0.39 is 0 Å². The van der Waals surface area contributed by atoms with Crippen LogP contribution in [0.5, 0.6) is 0 Å². The second kappa shape index (κ2) is 4.57. The molecule has 0 saturated carbocycles. The molecule has 0 saturated heterocycles. The second-order valence-electron chi connectivity index (χ2n) is 3.69. The zero-order valence-electron chi connectivity index (χ0n) is 9.37. The van der Waals surface area contributed by atoms with E-state index in [9.17, 15) is 0 Å². The number of hydrogen-bond donors (Lipinski definition) is 1. The molecule has 0 bridgehead atoms. The zero-order valence-corrected chi connectivity index (χ0v) is 9.37. The molecule has 1 aromatic heterocycles. The number of aromatic nitrogens is 2. The van der Waals surface area contributed by atoms with Gasteiger partial charge in [0.05, 0.1) is 12.3 Å². The average Bonchev–Trinajstić information content (AvgIpc) is 2.33. The Morgan fingerprint density at radius 2 is 2.14 bits per heavy atom. The maximum absolute atomic E-state index is 5.90. The maximum Gasteiger partial charge on any atom is 0.0628 e. The maximum atomic E-state index is 5.90. The Morgan fingerprint density at radius 3 is 2.57 bits per heavy atom. The number of methoxy groups -OCH3 is 1. The van der Waals surface area contributed by atoms with Gasteiger partial charge in [-0.15, -0.1) is 0 Å². The smallest absolute Gasteiger partial charge is 0.0628 e. The fourth-order valence-corrected chi connectivity index (χ4v) is 1.65. The Labute approximate surface area is 85.0 Å². The van der Waals surface area contributed by atoms with E-state index in [4.69, 9.17) is 10.5 Å². The van der Waals surface area contributed by atoms with E-state index in [1.54, 1.807) is 7.11 Å². The highest BCUT2D eigenvalue weighted by Crippen LogP contribution is 2.13. The summed E-state index contributed by atoms with van der Waals surface area (Å²) in [4.78, 5) is 0. The average molecular weight is 197 g/mol. The first kappa shape index (κ1) is 11.2. The number of nitrogens with two attached hydrogens (primary N) is 1. The summed E-state index contributed by atoms with van der Waals surface area (Å²) in [5, 5.41) is 4.34. The third kappa shape index (κ3) is 2.33. The van der Waals surface area contributed by atoms with Crippen LogP contribution < -0.4 is 5.73 Å². The van der Waals surface area contributed by atoms with Crippen LogP contribution >= 0.6 is 0 Å². The van der Waals surface area contributed by atoms with E-state index in [2.05, 4.69) is 12.0 Å². The van der Waals surface area contributed by atoms with E-state index in [1.807, 2.05) is 18.7 Å². The molecule has 0 radical (unpaired) electrons. The van der Waals surface area contributed by atoms with Crippen LogP contribution in [0.4, 0.5) is 0 Å². The van der Waals surface area contributed by atoms with Crippen molar-refractivity contribution in [2.45, 2.75) is 26.3 Å². The predicted molar refractivity (Wildman–Crippen MR) is 56.2 cm³/mol. The van der Waals surface area contributed by atoms with E-state index in [0.717, 1.165) is 12.1 Å². The number of rotatable bonds is 4. The molecular weight excluding hydrogens is 178 g/mol. The van der Waals surface area contributed by atoms with Crippen molar-refractivity contribution >= 4 is 0 Å². The largest absolute Gasteiger partial charge is 0.383 e. The number of aryl methyl sites for hydroxylation is 2. The summed E-state index contributed by atoms with van der Waals surface area (Å²) >= 11 is 0. The summed E-state index contributed by atoms with van der Waals surface area (Å²) in [7, 11) is 3.62. The lowest BCUT2D eigenvalue weighted by Crippen LogP contribution is -2.28. The van der Waals surface area contributed by atoms with Gasteiger partial charge in [0.2, 0.25) is 0 Å². The fourth-order valence-electron chi connectivity index (χ4n) is 1.65. The van der Waals surface area contributed by atoms with Crippen LogP contribution in [0.15, 0.2) is 0 Å². The van der Waals surface area contributed by atoms with Crippen LogP contribution in [0.3, 0.4) is 0 Å². The van der Waals surface area contributed by atoms with Crippen LogP contribution in [0, 0.1) is 13.8 Å². The molecule has 0 amide bonds. The molecule has 0 aliphatic rings. The van der Waals surface area contributed by atoms with Crippen LogP contribution in [0.25, 0.3) is 0 Å². The highest BCUT2D eigenvalue weighted by Gasteiger charge is 2.12. The molecule has 1 heterocycles. The minimum atomic E-state index is 0.0570. The van der Waals surface area contributed by atoms with Crippen molar-refractivity contribution in [1.82, 2.24) is 9.78 Å². The molecule has 1 rings (SSSR count). The molecule has 80 valence electrons. The Balaban J connectivity index is 2.75. The van der Waals surface area contributed by atoms with E-state index in [0.29, 0.717) is 6.61 Å². The second-order valence-corrected chi connectivity index (χ2v) is 3.69. The van der Waals surface area contributed by atoms with Gasteiger partial charge in [-0.2, -0.15) is 5.10 Å². The van der Waals surface area contributed by atoms with Crippen molar-refractivity contribution in [2.24, 2.45) is 12.8 Å². The highest BCUT2D eigenvalue weighted by atomic mass is 16.5. The molecule has 0 aromatic carbocycles. The highest BCUT2D eigenvalue weighted by molar-refractivity contribution is 5.25. The van der Waals surface area contributed by atoms with Crippen molar-refractivity contribution in [2.75, 3.05) is 13.7 Å². The lowest BCUT2D eigenvalue weighted by atomic mass is 10.1. The molecule has 0 aliphatic carbocycles. The lowest BCUT2D eigenvalue weighted by molar-refractivity contribution is 0.180. The van der Waals surface area contributed by atoms with Crippen molar-refractivity contribution in [3.8, 4) is 0 Å². The van der Waals surface area contributed by atoms with Crippen LogP contribution in [-0.2, 0) is 18.2 Å².